The van der Waals surface area contributed by atoms with Gasteiger partial charge in [0.05, 0.1) is 0 Å². The molecule has 0 aliphatic rings. The van der Waals surface area contributed by atoms with E-state index in [1.807, 2.05) is 23.6 Å². The second-order valence-corrected chi connectivity index (χ2v) is 4.81. The Morgan fingerprint density at radius 1 is 1.56 bits per heavy atom. The van der Waals surface area contributed by atoms with Gasteiger partial charge >= 0.3 is 0 Å². The lowest BCUT2D eigenvalue weighted by molar-refractivity contribution is -0.111. The fourth-order valence-corrected chi connectivity index (χ4v) is 1.96. The number of nitriles is 1. The van der Waals surface area contributed by atoms with E-state index in [1.54, 1.807) is 43.4 Å². The van der Waals surface area contributed by atoms with Crippen LogP contribution in [0.15, 0.2) is 34.9 Å². The lowest BCUT2D eigenvalue weighted by Gasteiger charge is -2.14. The van der Waals surface area contributed by atoms with Gasteiger partial charge < -0.3 is 5.43 Å². The van der Waals surface area contributed by atoms with Crippen LogP contribution in [0.3, 0.4) is 0 Å². The molecule has 1 N–H and O–H groups in total. The Morgan fingerprint density at radius 2 is 2.28 bits per heavy atom. The third-order valence-corrected chi connectivity index (χ3v) is 2.90. The second-order valence-electron chi connectivity index (χ2n) is 3.83. The van der Waals surface area contributed by atoms with Crippen LogP contribution in [0.4, 0.5) is 0 Å². The van der Waals surface area contributed by atoms with Crippen molar-refractivity contribution < 1.29 is 4.79 Å². The number of nitrogens with zero attached hydrogens (tertiary/aromatic N) is 2. The van der Waals surface area contributed by atoms with E-state index in [4.69, 9.17) is 5.26 Å². The molecule has 0 saturated heterocycles. The van der Waals surface area contributed by atoms with Crippen molar-refractivity contribution in [3.8, 4) is 6.07 Å². The normalized spacial score (nSPS) is 12.4. The SMILES string of the molecule is CC(NN(C)C)=C(C#N)C(=O)C=Cc1cccs1. The van der Waals surface area contributed by atoms with Gasteiger partial charge in [0, 0.05) is 24.7 Å². The van der Waals surface area contributed by atoms with Crippen LogP contribution >= 0.6 is 11.3 Å². The predicted molar refractivity (Wildman–Crippen MR) is 73.5 cm³/mol. The minimum Gasteiger partial charge on any atom is -0.322 e. The highest BCUT2D eigenvalue weighted by molar-refractivity contribution is 7.10. The number of allylic oxidation sites excluding steroid dienone is 3. The van der Waals surface area contributed by atoms with Gasteiger partial charge in [0.1, 0.15) is 11.6 Å². The summed E-state index contributed by atoms with van der Waals surface area (Å²) in [6, 6.07) is 5.75. The summed E-state index contributed by atoms with van der Waals surface area (Å²) in [5.41, 5.74) is 3.57. The monoisotopic (exact) mass is 261 g/mol. The largest absolute Gasteiger partial charge is 0.322 e. The van der Waals surface area contributed by atoms with Gasteiger partial charge in [0.2, 0.25) is 0 Å². The highest BCUT2D eigenvalue weighted by atomic mass is 32.1. The first-order chi connectivity index (χ1) is 8.54. The molecule has 4 nitrogen and oxygen atoms in total. The van der Waals surface area contributed by atoms with Gasteiger partial charge in [0.15, 0.2) is 5.78 Å². The molecule has 5 heteroatoms. The second kappa shape index (κ2) is 6.74. The fraction of sp³-hybridized carbons (Fsp3) is 0.231. The lowest BCUT2D eigenvalue weighted by Crippen LogP contribution is -2.30. The van der Waals surface area contributed by atoms with E-state index in [-0.39, 0.29) is 11.4 Å². The van der Waals surface area contributed by atoms with Gasteiger partial charge in [-0.2, -0.15) is 5.26 Å². The zero-order chi connectivity index (χ0) is 13.5. The molecule has 94 valence electrons. The highest BCUT2D eigenvalue weighted by Gasteiger charge is 2.10. The number of thiophene rings is 1. The average Bonchev–Trinajstić information content (AvgIpc) is 2.79. The highest BCUT2D eigenvalue weighted by Crippen LogP contribution is 2.11. The minimum atomic E-state index is -0.294. The third-order valence-electron chi connectivity index (χ3n) is 2.07. The van der Waals surface area contributed by atoms with Crippen LogP contribution in [0, 0.1) is 11.3 Å². The maximum Gasteiger partial charge on any atom is 0.198 e. The third kappa shape index (κ3) is 4.17. The number of hydrogen-bond acceptors (Lipinski definition) is 5. The summed E-state index contributed by atoms with van der Waals surface area (Å²) >= 11 is 1.54. The molecule has 0 aliphatic heterocycles. The van der Waals surface area contributed by atoms with Crippen LogP contribution in [0.5, 0.6) is 0 Å². The van der Waals surface area contributed by atoms with E-state index in [1.165, 1.54) is 6.08 Å². The first-order valence-electron chi connectivity index (χ1n) is 5.35. The fourth-order valence-electron chi connectivity index (χ4n) is 1.34. The number of hydrazine groups is 1. The zero-order valence-electron chi connectivity index (χ0n) is 10.6. The molecule has 0 amide bonds. The van der Waals surface area contributed by atoms with Crippen molar-refractivity contribution in [2.75, 3.05) is 14.1 Å². The van der Waals surface area contributed by atoms with E-state index < -0.39 is 0 Å². The van der Waals surface area contributed by atoms with Crippen LogP contribution in [0.2, 0.25) is 0 Å². The van der Waals surface area contributed by atoms with Gasteiger partial charge in [-0.05, 0) is 30.5 Å². The Kier molecular flexibility index (Phi) is 5.31. The Labute approximate surface area is 111 Å². The molecular formula is C13H15N3OS. The summed E-state index contributed by atoms with van der Waals surface area (Å²) in [5.74, 6) is -0.294. The molecule has 0 aliphatic carbocycles. The van der Waals surface area contributed by atoms with E-state index in [0.29, 0.717) is 5.70 Å². The van der Waals surface area contributed by atoms with Crippen molar-refractivity contribution in [1.82, 2.24) is 10.4 Å². The lowest BCUT2D eigenvalue weighted by atomic mass is 10.1. The molecule has 0 atom stereocenters. The standard InChI is InChI=1S/C13H15N3OS/c1-10(15-16(2)3)12(9-14)13(17)7-6-11-5-4-8-18-11/h4-8,15H,1-3H3. The molecule has 1 aromatic heterocycles. The van der Waals surface area contributed by atoms with Crippen LogP contribution < -0.4 is 5.43 Å². The molecule has 0 fully saturated rings. The first kappa shape index (κ1) is 14.2. The summed E-state index contributed by atoms with van der Waals surface area (Å²) in [4.78, 5) is 12.9. The molecule has 1 rings (SSSR count). The zero-order valence-corrected chi connectivity index (χ0v) is 11.4. The van der Waals surface area contributed by atoms with Gasteiger partial charge in [-0.3, -0.25) is 4.79 Å². The molecule has 0 unspecified atom stereocenters. The smallest absolute Gasteiger partial charge is 0.198 e. The predicted octanol–water partition coefficient (Wildman–Crippen LogP) is 2.19. The van der Waals surface area contributed by atoms with Gasteiger partial charge in [0.25, 0.3) is 0 Å². The van der Waals surface area contributed by atoms with Gasteiger partial charge in [-0.25, -0.2) is 5.01 Å². The Balaban J connectivity index is 2.84. The van der Waals surface area contributed by atoms with Gasteiger partial charge in [-0.1, -0.05) is 6.07 Å². The van der Waals surface area contributed by atoms with Crippen molar-refractivity contribution >= 4 is 23.2 Å². The summed E-state index contributed by atoms with van der Waals surface area (Å²) in [6.07, 6.45) is 3.14. The molecular weight excluding hydrogens is 246 g/mol. The number of nitrogens with one attached hydrogen (secondary N) is 1. The maximum atomic E-state index is 11.9. The average molecular weight is 261 g/mol. The van der Waals surface area contributed by atoms with Crippen molar-refractivity contribution in [2.45, 2.75) is 6.92 Å². The van der Waals surface area contributed by atoms with Crippen molar-refractivity contribution in [3.63, 3.8) is 0 Å². The van der Waals surface area contributed by atoms with Crippen molar-refractivity contribution in [1.29, 1.82) is 5.26 Å². The molecule has 0 bridgehead atoms. The van der Waals surface area contributed by atoms with Crippen LogP contribution in [-0.4, -0.2) is 24.9 Å². The van der Waals surface area contributed by atoms with Crippen LogP contribution in [0.25, 0.3) is 6.08 Å². The molecule has 0 radical (unpaired) electrons. The molecule has 1 aromatic rings. The maximum absolute atomic E-state index is 11.9. The van der Waals surface area contributed by atoms with E-state index in [2.05, 4.69) is 5.43 Å². The topological polar surface area (TPSA) is 56.1 Å². The molecule has 1 heterocycles. The van der Waals surface area contributed by atoms with Crippen LogP contribution in [0.1, 0.15) is 11.8 Å². The number of rotatable bonds is 5. The van der Waals surface area contributed by atoms with Crippen LogP contribution in [-0.2, 0) is 4.79 Å². The molecule has 0 aromatic carbocycles. The Morgan fingerprint density at radius 3 is 2.78 bits per heavy atom. The Hall–Kier alpha value is -1.90. The van der Waals surface area contributed by atoms with Crippen molar-refractivity contribution in [2.24, 2.45) is 0 Å². The number of ketones is 1. The van der Waals surface area contributed by atoms with Crippen molar-refractivity contribution in [3.05, 3.63) is 39.7 Å². The van der Waals surface area contributed by atoms with E-state index in [9.17, 15) is 4.79 Å². The molecule has 0 saturated carbocycles. The summed E-state index contributed by atoms with van der Waals surface area (Å²) in [6.45, 7) is 1.70. The minimum absolute atomic E-state index is 0.122. The Bertz CT molecular complexity index is 507. The quantitative estimate of drug-likeness (QED) is 0.501. The summed E-state index contributed by atoms with van der Waals surface area (Å²) in [7, 11) is 3.59. The number of carbonyl (C=O) groups excluding carboxylic acids is 1. The number of carbonyl (C=O) groups is 1. The summed E-state index contributed by atoms with van der Waals surface area (Å²) in [5, 5.41) is 12.6. The first-order valence-corrected chi connectivity index (χ1v) is 6.23. The molecule has 18 heavy (non-hydrogen) atoms. The van der Waals surface area contributed by atoms with E-state index in [0.717, 1.165) is 4.88 Å². The van der Waals surface area contributed by atoms with Gasteiger partial charge in [-0.15, -0.1) is 11.3 Å². The summed E-state index contributed by atoms with van der Waals surface area (Å²) < 4.78 is 0. The number of hydrogen-bond donors (Lipinski definition) is 1. The van der Waals surface area contributed by atoms with E-state index >= 15 is 0 Å². The molecule has 0 spiro atoms.